The molecule has 1 heterocycles. The molecule has 1 aromatic rings. The third-order valence-electron chi connectivity index (χ3n) is 3.06. The Hall–Kier alpha value is -2.15. The average molecular weight is 228 g/mol. The van der Waals surface area contributed by atoms with Crippen LogP contribution in [0.15, 0.2) is 30.6 Å². The van der Waals surface area contributed by atoms with Gasteiger partial charge in [-0.2, -0.15) is 5.26 Å². The van der Waals surface area contributed by atoms with Crippen molar-refractivity contribution in [3.05, 3.63) is 41.7 Å². The Labute approximate surface area is 99.5 Å². The number of carbonyl (C=O) groups excluding carboxylic acids is 1. The minimum Gasteiger partial charge on any atom is -0.465 e. The lowest BCUT2D eigenvalue weighted by atomic mass is 9.78. The molecule has 0 aliphatic heterocycles. The second kappa shape index (κ2) is 4.38. The lowest BCUT2D eigenvalue weighted by Gasteiger charge is -2.22. The van der Waals surface area contributed by atoms with E-state index >= 15 is 0 Å². The zero-order valence-electron chi connectivity index (χ0n) is 9.51. The predicted octanol–water partition coefficient (Wildman–Crippen LogP) is 1.98. The van der Waals surface area contributed by atoms with Crippen molar-refractivity contribution in [2.75, 3.05) is 7.11 Å². The van der Waals surface area contributed by atoms with Crippen LogP contribution in [0.1, 0.15) is 28.8 Å². The first kappa shape index (κ1) is 11.3. The van der Waals surface area contributed by atoms with Crippen LogP contribution >= 0.6 is 0 Å². The molecule has 0 radical (unpaired) electrons. The fourth-order valence-electron chi connectivity index (χ4n) is 2.11. The number of rotatable bonds is 2. The number of allylic oxidation sites excluding steroid dienone is 2. The highest BCUT2D eigenvalue weighted by molar-refractivity contribution is 5.91. The van der Waals surface area contributed by atoms with Gasteiger partial charge in [-0.3, -0.25) is 4.98 Å². The summed E-state index contributed by atoms with van der Waals surface area (Å²) < 4.78 is 4.72. The van der Waals surface area contributed by atoms with E-state index in [2.05, 4.69) is 11.1 Å². The molecule has 0 fully saturated rings. The van der Waals surface area contributed by atoms with E-state index in [1.54, 1.807) is 12.3 Å². The molecule has 1 aromatic heterocycles. The number of hydrogen-bond donors (Lipinski definition) is 0. The Kier molecular flexibility index (Phi) is 2.92. The Bertz CT molecular complexity index is 506. The summed E-state index contributed by atoms with van der Waals surface area (Å²) in [5, 5.41) is 9.39. The average Bonchev–Trinajstić information content (AvgIpc) is 2.88. The van der Waals surface area contributed by atoms with Crippen LogP contribution in [-0.4, -0.2) is 18.1 Å². The number of methoxy groups -OCH3 is 1. The Balaban J connectivity index is 2.52. The summed E-state index contributed by atoms with van der Waals surface area (Å²) in [7, 11) is 1.32. The van der Waals surface area contributed by atoms with Crippen LogP contribution in [-0.2, 0) is 10.2 Å². The van der Waals surface area contributed by atoms with Gasteiger partial charge in [0.15, 0.2) is 0 Å². The second-order valence-electron chi connectivity index (χ2n) is 3.99. The lowest BCUT2D eigenvalue weighted by molar-refractivity contribution is 0.0597. The van der Waals surface area contributed by atoms with Gasteiger partial charge in [0.25, 0.3) is 0 Å². The Morgan fingerprint density at radius 3 is 2.82 bits per heavy atom. The molecule has 0 saturated carbocycles. The van der Waals surface area contributed by atoms with Crippen molar-refractivity contribution in [2.45, 2.75) is 18.3 Å². The minimum atomic E-state index is -0.646. The Morgan fingerprint density at radius 1 is 1.53 bits per heavy atom. The van der Waals surface area contributed by atoms with E-state index in [0.29, 0.717) is 24.0 Å². The molecular weight excluding hydrogens is 216 g/mol. The van der Waals surface area contributed by atoms with Crippen molar-refractivity contribution in [1.29, 1.82) is 5.26 Å². The van der Waals surface area contributed by atoms with Crippen LogP contribution in [0.4, 0.5) is 0 Å². The smallest absolute Gasteiger partial charge is 0.339 e. The summed E-state index contributed by atoms with van der Waals surface area (Å²) in [6.07, 6.45) is 8.22. The zero-order chi connectivity index (χ0) is 12.3. The number of hydrogen-bond acceptors (Lipinski definition) is 4. The summed E-state index contributed by atoms with van der Waals surface area (Å²) in [5.41, 5.74) is 0.430. The molecule has 0 saturated heterocycles. The van der Waals surface area contributed by atoms with E-state index in [9.17, 15) is 10.1 Å². The number of ether oxygens (including phenoxy) is 1. The number of carbonyl (C=O) groups is 1. The van der Waals surface area contributed by atoms with Gasteiger partial charge in [0.05, 0.1) is 24.2 Å². The quantitative estimate of drug-likeness (QED) is 0.573. The number of nitriles is 1. The minimum absolute atomic E-state index is 0.375. The lowest BCUT2D eigenvalue weighted by Crippen LogP contribution is -2.24. The normalized spacial score (nSPS) is 16.5. The van der Waals surface area contributed by atoms with Crippen molar-refractivity contribution in [2.24, 2.45) is 0 Å². The van der Waals surface area contributed by atoms with Crippen LogP contribution in [0.25, 0.3) is 0 Å². The zero-order valence-corrected chi connectivity index (χ0v) is 9.51. The predicted molar refractivity (Wildman–Crippen MR) is 61.2 cm³/mol. The number of esters is 1. The molecular formula is C13H12N2O2. The van der Waals surface area contributed by atoms with Gasteiger partial charge in [0.1, 0.15) is 0 Å². The standard InChI is InChI=1S/C13H12N2O2/c1-17-12(16)10-8-15-7-4-11(10)13(9-14)5-2-3-6-13/h2-4,7-8H,5-6H2,1H3. The molecule has 0 atom stereocenters. The maximum Gasteiger partial charge on any atom is 0.339 e. The molecule has 0 aromatic carbocycles. The highest BCUT2D eigenvalue weighted by Gasteiger charge is 2.36. The molecule has 0 bridgehead atoms. The van der Waals surface area contributed by atoms with E-state index in [1.807, 2.05) is 12.2 Å². The molecule has 0 N–H and O–H groups in total. The van der Waals surface area contributed by atoms with Gasteiger partial charge in [-0.1, -0.05) is 12.2 Å². The first-order chi connectivity index (χ1) is 8.23. The molecule has 0 spiro atoms. The Morgan fingerprint density at radius 2 is 2.24 bits per heavy atom. The molecule has 4 heteroatoms. The van der Waals surface area contributed by atoms with E-state index in [0.717, 1.165) is 0 Å². The van der Waals surface area contributed by atoms with Crippen molar-refractivity contribution in [3.63, 3.8) is 0 Å². The fourth-order valence-corrected chi connectivity index (χ4v) is 2.11. The molecule has 2 rings (SSSR count). The summed E-state index contributed by atoms with van der Waals surface area (Å²) >= 11 is 0. The van der Waals surface area contributed by atoms with Crippen LogP contribution in [0.5, 0.6) is 0 Å². The van der Waals surface area contributed by atoms with Gasteiger partial charge < -0.3 is 4.74 Å². The number of aromatic nitrogens is 1. The highest BCUT2D eigenvalue weighted by atomic mass is 16.5. The van der Waals surface area contributed by atoms with E-state index < -0.39 is 11.4 Å². The monoisotopic (exact) mass is 228 g/mol. The van der Waals surface area contributed by atoms with Gasteiger partial charge in [-0.15, -0.1) is 0 Å². The van der Waals surface area contributed by atoms with Crippen molar-refractivity contribution in [3.8, 4) is 6.07 Å². The fraction of sp³-hybridized carbons (Fsp3) is 0.308. The third kappa shape index (κ3) is 1.80. The molecule has 17 heavy (non-hydrogen) atoms. The van der Waals surface area contributed by atoms with Crippen molar-refractivity contribution < 1.29 is 9.53 Å². The third-order valence-corrected chi connectivity index (χ3v) is 3.06. The van der Waals surface area contributed by atoms with Crippen molar-refractivity contribution in [1.82, 2.24) is 4.98 Å². The van der Waals surface area contributed by atoms with Crippen molar-refractivity contribution >= 4 is 5.97 Å². The molecule has 0 amide bonds. The van der Waals surface area contributed by atoms with Crippen LogP contribution in [0.3, 0.4) is 0 Å². The topological polar surface area (TPSA) is 63.0 Å². The maximum absolute atomic E-state index is 11.7. The summed E-state index contributed by atoms with van der Waals surface area (Å²) in [6.45, 7) is 0. The SMILES string of the molecule is COC(=O)c1cnccc1C1(C#N)CC=CC1. The van der Waals surface area contributed by atoms with Crippen LogP contribution in [0, 0.1) is 11.3 Å². The summed E-state index contributed by atoms with van der Waals surface area (Å²) in [5.74, 6) is -0.449. The molecule has 1 aliphatic carbocycles. The number of nitrogens with zero attached hydrogens (tertiary/aromatic N) is 2. The molecule has 1 aliphatic rings. The van der Waals surface area contributed by atoms with Gasteiger partial charge in [-0.25, -0.2) is 4.79 Å². The summed E-state index contributed by atoms with van der Waals surface area (Å²) in [4.78, 5) is 15.6. The highest BCUT2D eigenvalue weighted by Crippen LogP contribution is 2.38. The number of pyridine rings is 1. The molecule has 4 nitrogen and oxygen atoms in total. The maximum atomic E-state index is 11.7. The van der Waals surface area contributed by atoms with Gasteiger partial charge in [0.2, 0.25) is 0 Å². The van der Waals surface area contributed by atoms with Gasteiger partial charge >= 0.3 is 5.97 Å². The largest absolute Gasteiger partial charge is 0.465 e. The second-order valence-corrected chi connectivity index (χ2v) is 3.99. The van der Waals surface area contributed by atoms with E-state index in [4.69, 9.17) is 4.74 Å². The first-order valence-electron chi connectivity index (χ1n) is 5.32. The van der Waals surface area contributed by atoms with E-state index in [-0.39, 0.29) is 0 Å². The molecule has 0 unspecified atom stereocenters. The van der Waals surface area contributed by atoms with Crippen LogP contribution < -0.4 is 0 Å². The van der Waals surface area contributed by atoms with Gasteiger partial charge in [-0.05, 0) is 24.5 Å². The van der Waals surface area contributed by atoms with E-state index in [1.165, 1.54) is 13.3 Å². The van der Waals surface area contributed by atoms with Crippen LogP contribution in [0.2, 0.25) is 0 Å². The molecule has 86 valence electrons. The van der Waals surface area contributed by atoms with Gasteiger partial charge in [0, 0.05) is 12.4 Å². The first-order valence-corrected chi connectivity index (χ1v) is 5.32. The summed E-state index contributed by atoms with van der Waals surface area (Å²) in [6, 6.07) is 4.04.